The summed E-state index contributed by atoms with van der Waals surface area (Å²) in [6.07, 6.45) is 2.48. The minimum Gasteiger partial charge on any atom is -0.484 e. The van der Waals surface area contributed by atoms with E-state index >= 15 is 0 Å². The molecule has 2 heterocycles. The number of primary amides is 1. The third-order valence-electron chi connectivity index (χ3n) is 7.98. The Morgan fingerprint density at radius 3 is 2.42 bits per heavy atom. The minimum absolute atomic E-state index is 0.0386. The summed E-state index contributed by atoms with van der Waals surface area (Å²) in [5.74, 6) is 0.245. The zero-order valence-electron chi connectivity index (χ0n) is 30.7. The van der Waals surface area contributed by atoms with Gasteiger partial charge in [-0.2, -0.15) is 13.9 Å². The first-order valence-electron chi connectivity index (χ1n) is 17.2. The average molecular weight is 801 g/mol. The number of rotatable bonds is 19. The number of aromatic nitrogens is 3. The molecule has 18 heteroatoms. The van der Waals surface area contributed by atoms with E-state index in [-0.39, 0.29) is 47.2 Å². The fourth-order valence-electron chi connectivity index (χ4n) is 5.01. The molecule has 0 saturated carbocycles. The molecule has 1 atom stereocenters. The SMILES string of the molecule is C[C@H](Oc1cc(-c2nn(COCC[Si](C)(C)C)c(Nc3ccc(C#CCCCCC(=O)O)cn3)c2C(N)=O)ccc1NS(=O)(=O)C(F)F)c1ccc(F)cc1. The smallest absolute Gasteiger partial charge is 0.355 e. The normalized spacial score (nSPS) is 12.1. The van der Waals surface area contributed by atoms with Crippen LogP contribution in [0.4, 0.5) is 30.5 Å². The van der Waals surface area contributed by atoms with Crippen LogP contribution in [0.25, 0.3) is 11.3 Å². The van der Waals surface area contributed by atoms with Gasteiger partial charge in [-0.05, 0) is 67.8 Å². The summed E-state index contributed by atoms with van der Waals surface area (Å²) in [6, 6.07) is 13.4. The van der Waals surface area contributed by atoms with E-state index in [1.807, 2.05) is 4.72 Å². The summed E-state index contributed by atoms with van der Waals surface area (Å²) in [6.45, 7) is 8.50. The summed E-state index contributed by atoms with van der Waals surface area (Å²) in [7, 11) is -6.59. The van der Waals surface area contributed by atoms with Crippen LogP contribution in [-0.2, 0) is 26.3 Å². The number of alkyl halides is 2. The second kappa shape index (κ2) is 18.8. The Balaban J connectivity index is 1.74. The Hall–Kier alpha value is -5.38. The maximum Gasteiger partial charge on any atom is 0.355 e. The molecule has 294 valence electrons. The number of nitrogens with two attached hydrogens (primary N) is 1. The van der Waals surface area contributed by atoms with Crippen LogP contribution in [0.15, 0.2) is 60.8 Å². The Morgan fingerprint density at radius 2 is 1.80 bits per heavy atom. The van der Waals surface area contributed by atoms with Gasteiger partial charge in [0.15, 0.2) is 0 Å². The van der Waals surface area contributed by atoms with Crippen molar-refractivity contribution in [3.63, 3.8) is 0 Å². The number of ether oxygens (including phenoxy) is 2. The van der Waals surface area contributed by atoms with Crippen LogP contribution in [0.5, 0.6) is 5.75 Å². The molecule has 13 nitrogen and oxygen atoms in total. The third-order valence-corrected chi connectivity index (χ3v) is 10.7. The van der Waals surface area contributed by atoms with Crippen molar-refractivity contribution in [2.75, 3.05) is 16.6 Å². The number of anilines is 3. The lowest BCUT2D eigenvalue weighted by atomic mass is 10.1. The van der Waals surface area contributed by atoms with Gasteiger partial charge < -0.3 is 25.6 Å². The second-order valence-corrected chi connectivity index (χ2v) is 20.9. The summed E-state index contributed by atoms with van der Waals surface area (Å²) < 4.78 is 80.1. The van der Waals surface area contributed by atoms with Crippen molar-refractivity contribution in [1.29, 1.82) is 0 Å². The highest BCUT2D eigenvalue weighted by atomic mass is 32.2. The number of carbonyl (C=O) groups excluding carboxylic acids is 1. The van der Waals surface area contributed by atoms with Gasteiger partial charge in [0.1, 0.15) is 47.3 Å². The van der Waals surface area contributed by atoms with Crippen molar-refractivity contribution in [3.8, 4) is 28.8 Å². The van der Waals surface area contributed by atoms with Crippen molar-refractivity contribution in [1.82, 2.24) is 14.8 Å². The van der Waals surface area contributed by atoms with E-state index in [0.29, 0.717) is 42.8 Å². The number of hydrogen-bond acceptors (Lipinski definition) is 9. The van der Waals surface area contributed by atoms with E-state index in [0.717, 1.165) is 6.04 Å². The molecular weight excluding hydrogens is 758 g/mol. The number of amides is 1. The Labute approximate surface area is 318 Å². The molecule has 0 aliphatic rings. The predicted octanol–water partition coefficient (Wildman–Crippen LogP) is 7.34. The van der Waals surface area contributed by atoms with Crippen molar-refractivity contribution < 1.29 is 45.8 Å². The molecule has 4 rings (SSSR count). The quantitative estimate of drug-likeness (QED) is 0.0425. The van der Waals surface area contributed by atoms with E-state index in [1.54, 1.807) is 19.1 Å². The van der Waals surface area contributed by atoms with Gasteiger partial charge in [0, 0.05) is 44.8 Å². The third kappa shape index (κ3) is 12.6. The molecule has 0 aliphatic carbocycles. The van der Waals surface area contributed by atoms with Gasteiger partial charge in [-0.1, -0.05) is 49.7 Å². The largest absolute Gasteiger partial charge is 0.484 e. The van der Waals surface area contributed by atoms with Crippen LogP contribution in [0.1, 0.15) is 60.2 Å². The summed E-state index contributed by atoms with van der Waals surface area (Å²) >= 11 is 0. The molecule has 0 unspecified atom stereocenters. The van der Waals surface area contributed by atoms with Crippen LogP contribution >= 0.6 is 0 Å². The van der Waals surface area contributed by atoms with Gasteiger partial charge in [-0.3, -0.25) is 14.3 Å². The number of carboxylic acid groups (broad SMARTS) is 1. The molecule has 0 spiro atoms. The number of hydrogen-bond donors (Lipinski definition) is 4. The van der Waals surface area contributed by atoms with Crippen molar-refractivity contribution in [3.05, 3.63) is 83.3 Å². The summed E-state index contributed by atoms with van der Waals surface area (Å²) in [5.41, 5.74) is 6.89. The van der Waals surface area contributed by atoms with Gasteiger partial charge in [0.2, 0.25) is 0 Å². The van der Waals surface area contributed by atoms with Crippen LogP contribution in [0.3, 0.4) is 0 Å². The maximum atomic E-state index is 13.6. The monoisotopic (exact) mass is 800 g/mol. The first-order chi connectivity index (χ1) is 25.9. The zero-order chi connectivity index (χ0) is 40.3. The minimum atomic E-state index is -5.12. The Morgan fingerprint density at radius 1 is 1.07 bits per heavy atom. The van der Waals surface area contributed by atoms with Crippen LogP contribution < -0.4 is 20.5 Å². The van der Waals surface area contributed by atoms with E-state index in [1.165, 1.54) is 53.3 Å². The highest BCUT2D eigenvalue weighted by Gasteiger charge is 2.28. The number of carboxylic acids is 1. The highest BCUT2D eigenvalue weighted by molar-refractivity contribution is 7.93. The van der Waals surface area contributed by atoms with Gasteiger partial charge in [-0.15, -0.1) is 0 Å². The van der Waals surface area contributed by atoms with Gasteiger partial charge >= 0.3 is 11.7 Å². The summed E-state index contributed by atoms with van der Waals surface area (Å²) in [4.78, 5) is 28.3. The topological polar surface area (TPSA) is 188 Å². The maximum absolute atomic E-state index is 13.6. The number of nitrogens with one attached hydrogen (secondary N) is 2. The molecule has 0 bridgehead atoms. The Bertz CT molecular complexity index is 2130. The van der Waals surface area contributed by atoms with E-state index in [9.17, 15) is 31.2 Å². The molecule has 5 N–H and O–H groups in total. The zero-order valence-corrected chi connectivity index (χ0v) is 32.6. The number of pyridine rings is 1. The molecule has 0 radical (unpaired) electrons. The van der Waals surface area contributed by atoms with Crippen molar-refractivity contribution in [2.24, 2.45) is 5.73 Å². The number of halogens is 3. The van der Waals surface area contributed by atoms with E-state index in [2.05, 4.69) is 46.9 Å². The number of aliphatic carboxylic acids is 1. The summed E-state index contributed by atoms with van der Waals surface area (Å²) in [5, 5.41) is 16.5. The van der Waals surface area contributed by atoms with Crippen molar-refractivity contribution >= 4 is 47.3 Å². The molecule has 0 aliphatic heterocycles. The molecule has 55 heavy (non-hydrogen) atoms. The molecule has 4 aromatic rings. The molecule has 2 aromatic heterocycles. The lowest BCUT2D eigenvalue weighted by Crippen LogP contribution is -2.22. The lowest BCUT2D eigenvalue weighted by molar-refractivity contribution is -0.137. The lowest BCUT2D eigenvalue weighted by Gasteiger charge is -2.19. The number of carbonyl (C=O) groups is 2. The fraction of sp³-hybridized carbons (Fsp3) is 0.351. The average Bonchev–Trinajstić information content (AvgIpc) is 3.47. The number of benzene rings is 2. The highest BCUT2D eigenvalue weighted by Crippen LogP contribution is 2.38. The van der Waals surface area contributed by atoms with Gasteiger partial charge in [0.05, 0.1) is 5.69 Å². The van der Waals surface area contributed by atoms with E-state index in [4.69, 9.17) is 20.3 Å². The van der Waals surface area contributed by atoms with Crippen molar-refractivity contribution in [2.45, 2.75) is 76.9 Å². The van der Waals surface area contributed by atoms with E-state index < -0.39 is 47.7 Å². The molecule has 1 amide bonds. The Kier molecular flexibility index (Phi) is 14.5. The molecule has 0 saturated heterocycles. The number of sulfonamides is 1. The number of nitrogens with zero attached hydrogens (tertiary/aromatic N) is 3. The van der Waals surface area contributed by atoms with Crippen LogP contribution in [-0.4, -0.2) is 60.6 Å². The van der Waals surface area contributed by atoms with Gasteiger partial charge in [-0.25, -0.2) is 22.5 Å². The standard InChI is InChI=1S/C37H43F3N6O7SSi/c1-24(26-12-15-28(38)16-13-26)53-30-21-27(14-17-29(30)45-54(50,51)37(39)40)34-33(35(41)49)36(46(44-34)23-52-19-20-55(2,3)4)43-31-18-11-25(22-42-31)9-7-5-6-8-10-32(47)48/h11-18,21-22,24,37,45H,5-6,8,10,19-20,23H2,1-4H3,(H2,41,49)(H,42,43)(H,47,48)/t24-/m0/s1. The molecule has 2 aromatic carbocycles. The van der Waals surface area contributed by atoms with Crippen LogP contribution in [0, 0.1) is 17.7 Å². The first kappa shape index (κ1) is 42.4. The van der Waals surface area contributed by atoms with Gasteiger partial charge in [0.25, 0.3) is 15.9 Å². The fourth-order valence-corrected chi connectivity index (χ4v) is 6.33. The second-order valence-electron chi connectivity index (χ2n) is 13.7. The number of unbranched alkanes of at least 4 members (excludes halogenated alkanes) is 2. The first-order valence-corrected chi connectivity index (χ1v) is 22.5. The predicted molar refractivity (Wildman–Crippen MR) is 205 cm³/mol. The van der Waals surface area contributed by atoms with Crippen LogP contribution in [0.2, 0.25) is 25.7 Å². The molecular formula is C37H43F3N6O7SSi. The molecule has 0 fully saturated rings.